The fraction of sp³-hybridized carbons (Fsp3) is 1.00. The van der Waals surface area contributed by atoms with Crippen molar-refractivity contribution in [2.24, 2.45) is 11.7 Å². The van der Waals surface area contributed by atoms with E-state index in [0.717, 1.165) is 6.42 Å². The van der Waals surface area contributed by atoms with Gasteiger partial charge in [0.1, 0.15) is 0 Å². The molecule has 2 atom stereocenters. The molecule has 1 aliphatic carbocycles. The first-order valence-electron chi connectivity index (χ1n) is 3.82. The van der Waals surface area contributed by atoms with Crippen molar-refractivity contribution in [1.29, 1.82) is 0 Å². The molecule has 0 aromatic carbocycles. The summed E-state index contributed by atoms with van der Waals surface area (Å²) in [5.41, 5.74) is 5.42. The lowest BCUT2D eigenvalue weighted by Crippen LogP contribution is -2.35. The van der Waals surface area contributed by atoms with Gasteiger partial charge in [0.25, 0.3) is 0 Å². The van der Waals surface area contributed by atoms with Gasteiger partial charge < -0.3 is 5.73 Å². The number of alkyl halides is 3. The van der Waals surface area contributed by atoms with Crippen LogP contribution in [-0.4, -0.2) is 12.2 Å². The van der Waals surface area contributed by atoms with Crippen LogP contribution < -0.4 is 5.73 Å². The topological polar surface area (TPSA) is 26.0 Å². The first kappa shape index (κ1) is 12.0. The van der Waals surface area contributed by atoms with Gasteiger partial charge in [0.15, 0.2) is 0 Å². The maximum atomic E-state index is 12.1. The van der Waals surface area contributed by atoms with E-state index in [0.29, 0.717) is 6.42 Å². The molecule has 0 bridgehead atoms. The Morgan fingerprint density at radius 3 is 2.08 bits per heavy atom. The van der Waals surface area contributed by atoms with E-state index in [2.05, 4.69) is 0 Å². The molecule has 1 fully saturated rings. The summed E-state index contributed by atoms with van der Waals surface area (Å²) < 4.78 is 36.2. The molecular formula is C7H13ClF3N. The summed E-state index contributed by atoms with van der Waals surface area (Å²) in [6.45, 7) is 0. The molecule has 74 valence electrons. The van der Waals surface area contributed by atoms with Crippen LogP contribution in [0.4, 0.5) is 13.2 Å². The molecule has 0 aromatic rings. The van der Waals surface area contributed by atoms with Crippen LogP contribution in [0.5, 0.6) is 0 Å². The zero-order valence-electron chi connectivity index (χ0n) is 6.60. The van der Waals surface area contributed by atoms with Crippen LogP contribution in [0.15, 0.2) is 0 Å². The molecule has 12 heavy (non-hydrogen) atoms. The normalized spacial score (nSPS) is 31.0. The number of rotatable bonds is 0. The number of halogens is 4. The minimum Gasteiger partial charge on any atom is -0.328 e. The standard InChI is InChI=1S/C7H12F3N.ClH/c8-7(9,10)5-2-1-3-6(11)4-5;/h5-6H,1-4,11H2;1H/t5-,6+;/m1./s1. The van der Waals surface area contributed by atoms with Crippen molar-refractivity contribution >= 4 is 12.4 Å². The molecule has 2 N–H and O–H groups in total. The third-order valence-electron chi connectivity index (χ3n) is 2.18. The van der Waals surface area contributed by atoms with E-state index in [1.807, 2.05) is 0 Å². The maximum absolute atomic E-state index is 12.1. The fourth-order valence-electron chi connectivity index (χ4n) is 1.52. The summed E-state index contributed by atoms with van der Waals surface area (Å²) >= 11 is 0. The monoisotopic (exact) mass is 203 g/mol. The van der Waals surface area contributed by atoms with Crippen LogP contribution >= 0.6 is 12.4 Å². The average Bonchev–Trinajstić information content (AvgIpc) is 1.86. The van der Waals surface area contributed by atoms with Gasteiger partial charge in [0.05, 0.1) is 5.92 Å². The minimum atomic E-state index is -4.03. The van der Waals surface area contributed by atoms with Crippen molar-refractivity contribution < 1.29 is 13.2 Å². The van der Waals surface area contributed by atoms with Gasteiger partial charge in [0, 0.05) is 6.04 Å². The lowest BCUT2D eigenvalue weighted by molar-refractivity contribution is -0.182. The van der Waals surface area contributed by atoms with Gasteiger partial charge in [0.2, 0.25) is 0 Å². The molecule has 0 spiro atoms. The van der Waals surface area contributed by atoms with Gasteiger partial charge >= 0.3 is 6.18 Å². The van der Waals surface area contributed by atoms with E-state index in [1.54, 1.807) is 0 Å². The van der Waals surface area contributed by atoms with Gasteiger partial charge in [-0.05, 0) is 19.3 Å². The Bertz CT molecular complexity index is 137. The van der Waals surface area contributed by atoms with E-state index in [-0.39, 0.29) is 31.3 Å². The molecule has 1 saturated carbocycles. The molecular weight excluding hydrogens is 191 g/mol. The van der Waals surface area contributed by atoms with Crippen molar-refractivity contribution in [3.05, 3.63) is 0 Å². The molecule has 0 radical (unpaired) electrons. The van der Waals surface area contributed by atoms with Crippen LogP contribution in [0, 0.1) is 5.92 Å². The summed E-state index contributed by atoms with van der Waals surface area (Å²) in [5.74, 6) is -1.15. The predicted octanol–water partition coefficient (Wildman–Crippen LogP) is 2.49. The van der Waals surface area contributed by atoms with Crippen LogP contribution in [0.25, 0.3) is 0 Å². The van der Waals surface area contributed by atoms with Gasteiger partial charge in [-0.1, -0.05) is 6.42 Å². The Hall–Kier alpha value is 0.0400. The first-order valence-corrected chi connectivity index (χ1v) is 3.82. The molecule has 0 heterocycles. The van der Waals surface area contributed by atoms with Crippen molar-refractivity contribution in [3.8, 4) is 0 Å². The minimum absolute atomic E-state index is 0. The Morgan fingerprint density at radius 1 is 1.17 bits per heavy atom. The molecule has 0 unspecified atom stereocenters. The van der Waals surface area contributed by atoms with E-state index in [4.69, 9.17) is 5.73 Å². The highest BCUT2D eigenvalue weighted by Gasteiger charge is 2.41. The molecule has 0 aliphatic heterocycles. The molecule has 5 heteroatoms. The van der Waals surface area contributed by atoms with Crippen molar-refractivity contribution in [2.45, 2.75) is 37.9 Å². The van der Waals surface area contributed by atoms with Gasteiger partial charge in [-0.3, -0.25) is 0 Å². The summed E-state index contributed by atoms with van der Waals surface area (Å²) in [5, 5.41) is 0. The second-order valence-electron chi connectivity index (χ2n) is 3.17. The molecule has 0 amide bonds. The predicted molar refractivity (Wildman–Crippen MR) is 43.2 cm³/mol. The van der Waals surface area contributed by atoms with Crippen molar-refractivity contribution in [3.63, 3.8) is 0 Å². The number of hydrogen-bond donors (Lipinski definition) is 1. The van der Waals surface area contributed by atoms with E-state index in [9.17, 15) is 13.2 Å². The second-order valence-corrected chi connectivity index (χ2v) is 3.17. The summed E-state index contributed by atoms with van der Waals surface area (Å²) in [7, 11) is 0. The van der Waals surface area contributed by atoms with E-state index in [1.165, 1.54) is 0 Å². The van der Waals surface area contributed by atoms with Crippen molar-refractivity contribution in [2.75, 3.05) is 0 Å². The van der Waals surface area contributed by atoms with Crippen LogP contribution in [0.2, 0.25) is 0 Å². The highest BCUT2D eigenvalue weighted by atomic mass is 35.5. The van der Waals surface area contributed by atoms with Crippen LogP contribution in [0.1, 0.15) is 25.7 Å². The van der Waals surface area contributed by atoms with Gasteiger partial charge in [-0.25, -0.2) is 0 Å². The van der Waals surface area contributed by atoms with Crippen LogP contribution in [-0.2, 0) is 0 Å². The average molecular weight is 204 g/mol. The van der Waals surface area contributed by atoms with E-state index >= 15 is 0 Å². The third kappa shape index (κ3) is 3.19. The Morgan fingerprint density at radius 2 is 1.75 bits per heavy atom. The summed E-state index contributed by atoms with van der Waals surface area (Å²) in [6.07, 6.45) is -2.29. The summed E-state index contributed by atoms with van der Waals surface area (Å²) in [4.78, 5) is 0. The van der Waals surface area contributed by atoms with E-state index < -0.39 is 12.1 Å². The molecule has 0 aromatic heterocycles. The molecule has 1 nitrogen and oxygen atoms in total. The Labute approximate surface area is 75.9 Å². The summed E-state index contributed by atoms with van der Waals surface area (Å²) in [6, 6.07) is -0.240. The third-order valence-corrected chi connectivity index (χ3v) is 2.18. The molecule has 0 saturated heterocycles. The second kappa shape index (κ2) is 4.33. The maximum Gasteiger partial charge on any atom is 0.391 e. The quantitative estimate of drug-likeness (QED) is 0.643. The lowest BCUT2D eigenvalue weighted by Gasteiger charge is -2.28. The highest BCUT2D eigenvalue weighted by Crippen LogP contribution is 2.36. The Kier molecular flexibility index (Phi) is 4.34. The van der Waals surface area contributed by atoms with Crippen LogP contribution in [0.3, 0.4) is 0 Å². The number of nitrogens with two attached hydrogens (primary N) is 1. The highest BCUT2D eigenvalue weighted by molar-refractivity contribution is 5.85. The Balaban J connectivity index is 0.00000121. The smallest absolute Gasteiger partial charge is 0.328 e. The fourth-order valence-corrected chi connectivity index (χ4v) is 1.52. The first-order chi connectivity index (χ1) is 5.00. The van der Waals surface area contributed by atoms with Gasteiger partial charge in [-0.2, -0.15) is 13.2 Å². The number of hydrogen-bond acceptors (Lipinski definition) is 1. The zero-order valence-corrected chi connectivity index (χ0v) is 7.42. The zero-order chi connectivity index (χ0) is 8.48. The van der Waals surface area contributed by atoms with Crippen molar-refractivity contribution in [1.82, 2.24) is 0 Å². The largest absolute Gasteiger partial charge is 0.391 e. The lowest BCUT2D eigenvalue weighted by atomic mass is 9.86. The van der Waals surface area contributed by atoms with Gasteiger partial charge in [-0.15, -0.1) is 12.4 Å². The molecule has 1 aliphatic rings. The molecule has 1 rings (SSSR count). The SMILES string of the molecule is Cl.N[C@H]1CCC[C@@H](C(F)(F)F)C1.